The number of aromatic carboxylic acids is 1. The fourth-order valence-corrected chi connectivity index (χ4v) is 3.15. The number of carboxylic acid groups (broad SMARTS) is 1. The molecule has 0 spiro atoms. The van der Waals surface area contributed by atoms with Crippen LogP contribution in [0.15, 0.2) is 24.3 Å². The summed E-state index contributed by atoms with van der Waals surface area (Å²) < 4.78 is 2.09. The SMILES string of the molecule is Cn1c(CNC2CCCC2)cc2c(C(=O)O)cccc21. The van der Waals surface area contributed by atoms with Gasteiger partial charge in [0.15, 0.2) is 0 Å². The van der Waals surface area contributed by atoms with Gasteiger partial charge in [0.2, 0.25) is 0 Å². The fourth-order valence-electron chi connectivity index (χ4n) is 3.15. The van der Waals surface area contributed by atoms with Gasteiger partial charge in [-0.25, -0.2) is 4.79 Å². The van der Waals surface area contributed by atoms with Gasteiger partial charge in [-0.2, -0.15) is 0 Å². The summed E-state index contributed by atoms with van der Waals surface area (Å²) in [6, 6.07) is 8.06. The van der Waals surface area contributed by atoms with Gasteiger partial charge in [0.1, 0.15) is 0 Å². The van der Waals surface area contributed by atoms with Gasteiger partial charge in [0.05, 0.1) is 5.56 Å². The highest BCUT2D eigenvalue weighted by Crippen LogP contribution is 2.24. The number of rotatable bonds is 4. The van der Waals surface area contributed by atoms with E-state index in [1.165, 1.54) is 25.7 Å². The molecule has 1 fully saturated rings. The van der Waals surface area contributed by atoms with Gasteiger partial charge in [-0.15, -0.1) is 0 Å². The van der Waals surface area contributed by atoms with Crippen LogP contribution in [-0.2, 0) is 13.6 Å². The number of carboxylic acids is 1. The zero-order valence-corrected chi connectivity index (χ0v) is 11.7. The van der Waals surface area contributed by atoms with Crippen molar-refractivity contribution >= 4 is 16.9 Å². The van der Waals surface area contributed by atoms with Gasteiger partial charge in [0, 0.05) is 36.2 Å². The largest absolute Gasteiger partial charge is 0.478 e. The van der Waals surface area contributed by atoms with Crippen molar-refractivity contribution in [2.75, 3.05) is 0 Å². The Morgan fingerprint density at radius 3 is 2.85 bits per heavy atom. The van der Waals surface area contributed by atoms with E-state index in [0.29, 0.717) is 11.6 Å². The highest BCUT2D eigenvalue weighted by atomic mass is 16.4. The number of fused-ring (bicyclic) bond motifs is 1. The minimum absolute atomic E-state index is 0.380. The maximum atomic E-state index is 11.3. The first kappa shape index (κ1) is 13.2. The van der Waals surface area contributed by atoms with Crippen molar-refractivity contribution in [3.05, 3.63) is 35.5 Å². The van der Waals surface area contributed by atoms with Gasteiger partial charge in [-0.1, -0.05) is 18.9 Å². The van der Waals surface area contributed by atoms with Crippen molar-refractivity contribution in [3.8, 4) is 0 Å². The number of hydrogen-bond donors (Lipinski definition) is 2. The van der Waals surface area contributed by atoms with Crippen LogP contribution in [0.4, 0.5) is 0 Å². The summed E-state index contributed by atoms with van der Waals surface area (Å²) in [5.74, 6) is -0.864. The molecule has 1 heterocycles. The third-order valence-electron chi connectivity index (χ3n) is 4.34. The number of nitrogens with zero attached hydrogens (tertiary/aromatic N) is 1. The van der Waals surface area contributed by atoms with Gasteiger partial charge >= 0.3 is 5.97 Å². The van der Waals surface area contributed by atoms with Crippen molar-refractivity contribution in [1.82, 2.24) is 9.88 Å². The average molecular weight is 272 g/mol. The Labute approximate surface area is 118 Å². The predicted octanol–water partition coefficient (Wildman–Crippen LogP) is 2.91. The summed E-state index contributed by atoms with van der Waals surface area (Å²) in [6.07, 6.45) is 5.14. The molecule has 4 heteroatoms. The molecular weight excluding hydrogens is 252 g/mol. The Bertz CT molecular complexity index is 639. The molecule has 0 bridgehead atoms. The Kier molecular flexibility index (Phi) is 3.49. The van der Waals surface area contributed by atoms with Crippen LogP contribution in [0.1, 0.15) is 41.7 Å². The van der Waals surface area contributed by atoms with E-state index >= 15 is 0 Å². The Balaban J connectivity index is 1.89. The second-order valence-corrected chi connectivity index (χ2v) is 5.60. The Hall–Kier alpha value is -1.81. The predicted molar refractivity (Wildman–Crippen MR) is 79.0 cm³/mol. The van der Waals surface area contributed by atoms with E-state index in [1.807, 2.05) is 19.2 Å². The van der Waals surface area contributed by atoms with E-state index in [-0.39, 0.29) is 0 Å². The van der Waals surface area contributed by atoms with Crippen molar-refractivity contribution in [2.45, 2.75) is 38.3 Å². The minimum atomic E-state index is -0.864. The number of aryl methyl sites for hydroxylation is 1. The summed E-state index contributed by atoms with van der Waals surface area (Å²) in [6.45, 7) is 0.801. The Morgan fingerprint density at radius 1 is 1.40 bits per heavy atom. The average Bonchev–Trinajstić information content (AvgIpc) is 3.05. The van der Waals surface area contributed by atoms with Crippen LogP contribution in [-0.4, -0.2) is 21.7 Å². The lowest BCUT2D eigenvalue weighted by Gasteiger charge is -2.12. The van der Waals surface area contributed by atoms with Crippen molar-refractivity contribution in [3.63, 3.8) is 0 Å². The number of aromatic nitrogens is 1. The molecular formula is C16H20N2O2. The quantitative estimate of drug-likeness (QED) is 0.899. The number of hydrogen-bond acceptors (Lipinski definition) is 2. The van der Waals surface area contributed by atoms with Gasteiger partial charge in [-0.3, -0.25) is 0 Å². The molecule has 2 N–H and O–H groups in total. The monoisotopic (exact) mass is 272 g/mol. The summed E-state index contributed by atoms with van der Waals surface area (Å²) >= 11 is 0. The van der Waals surface area contributed by atoms with Gasteiger partial charge in [-0.05, 0) is 31.0 Å². The van der Waals surface area contributed by atoms with Crippen LogP contribution in [0.25, 0.3) is 10.9 Å². The molecule has 3 rings (SSSR count). The van der Waals surface area contributed by atoms with Crippen LogP contribution >= 0.6 is 0 Å². The second kappa shape index (κ2) is 5.29. The summed E-state index contributed by atoms with van der Waals surface area (Å²) in [4.78, 5) is 11.3. The van der Waals surface area contributed by atoms with Gasteiger partial charge in [0.25, 0.3) is 0 Å². The fraction of sp³-hybridized carbons (Fsp3) is 0.438. The maximum absolute atomic E-state index is 11.3. The lowest BCUT2D eigenvalue weighted by molar-refractivity contribution is 0.0699. The van der Waals surface area contributed by atoms with Gasteiger partial charge < -0.3 is 15.0 Å². The molecule has 1 aliphatic rings. The van der Waals surface area contributed by atoms with E-state index < -0.39 is 5.97 Å². The van der Waals surface area contributed by atoms with Crippen LogP contribution in [0.3, 0.4) is 0 Å². The van der Waals surface area contributed by atoms with Crippen molar-refractivity contribution in [2.24, 2.45) is 7.05 Å². The first-order valence-corrected chi connectivity index (χ1v) is 7.21. The van der Waals surface area contributed by atoms with Crippen molar-refractivity contribution in [1.29, 1.82) is 0 Å². The molecule has 106 valence electrons. The highest BCUT2D eigenvalue weighted by Gasteiger charge is 2.16. The lowest BCUT2D eigenvalue weighted by Crippen LogP contribution is -2.26. The van der Waals surface area contributed by atoms with E-state index in [0.717, 1.165) is 23.1 Å². The molecule has 0 saturated heterocycles. The molecule has 0 radical (unpaired) electrons. The summed E-state index contributed by atoms with van der Waals surface area (Å²) in [5, 5.41) is 13.7. The molecule has 1 aromatic heterocycles. The minimum Gasteiger partial charge on any atom is -0.478 e. The zero-order valence-electron chi connectivity index (χ0n) is 11.7. The number of nitrogens with one attached hydrogen (secondary N) is 1. The first-order valence-electron chi connectivity index (χ1n) is 7.21. The van der Waals surface area contributed by atoms with Crippen LogP contribution < -0.4 is 5.32 Å². The second-order valence-electron chi connectivity index (χ2n) is 5.60. The standard InChI is InChI=1S/C16H20N2O2/c1-18-12(10-17-11-5-2-3-6-11)9-14-13(16(19)20)7-4-8-15(14)18/h4,7-9,11,17H,2-3,5-6,10H2,1H3,(H,19,20). The molecule has 0 atom stereocenters. The third-order valence-corrected chi connectivity index (χ3v) is 4.34. The van der Waals surface area contributed by atoms with E-state index in [4.69, 9.17) is 0 Å². The topological polar surface area (TPSA) is 54.3 Å². The van der Waals surface area contributed by atoms with Crippen LogP contribution in [0.5, 0.6) is 0 Å². The van der Waals surface area contributed by atoms with E-state index in [2.05, 4.69) is 9.88 Å². The molecule has 1 aliphatic carbocycles. The highest BCUT2D eigenvalue weighted by molar-refractivity contribution is 6.03. The van der Waals surface area contributed by atoms with Crippen LogP contribution in [0.2, 0.25) is 0 Å². The van der Waals surface area contributed by atoms with E-state index in [9.17, 15) is 9.90 Å². The molecule has 0 unspecified atom stereocenters. The Morgan fingerprint density at radius 2 is 2.15 bits per heavy atom. The molecule has 4 nitrogen and oxygen atoms in total. The molecule has 0 aliphatic heterocycles. The normalized spacial score (nSPS) is 16.1. The molecule has 1 saturated carbocycles. The summed E-state index contributed by atoms with van der Waals surface area (Å²) in [5.41, 5.74) is 2.50. The van der Waals surface area contributed by atoms with E-state index in [1.54, 1.807) is 12.1 Å². The maximum Gasteiger partial charge on any atom is 0.336 e. The lowest BCUT2D eigenvalue weighted by atomic mass is 10.1. The third kappa shape index (κ3) is 2.31. The van der Waals surface area contributed by atoms with Crippen molar-refractivity contribution < 1.29 is 9.90 Å². The summed E-state index contributed by atoms with van der Waals surface area (Å²) in [7, 11) is 2.00. The molecule has 20 heavy (non-hydrogen) atoms. The number of carbonyl (C=O) groups is 1. The first-order chi connectivity index (χ1) is 9.66. The zero-order chi connectivity index (χ0) is 14.1. The smallest absolute Gasteiger partial charge is 0.336 e. The molecule has 0 amide bonds. The number of benzene rings is 1. The van der Waals surface area contributed by atoms with Crippen LogP contribution in [0, 0.1) is 0 Å². The molecule has 2 aromatic rings. The molecule has 1 aromatic carbocycles.